The Balaban J connectivity index is 1.12. The Morgan fingerprint density at radius 3 is 1.91 bits per heavy atom. The normalized spacial score (nSPS) is 12.6. The van der Waals surface area contributed by atoms with Crippen LogP contribution in [0.1, 0.15) is 56.9 Å². The highest BCUT2D eigenvalue weighted by atomic mass is 16.5. The van der Waals surface area contributed by atoms with Crippen LogP contribution in [0.4, 0.5) is 4.79 Å². The molecule has 0 saturated heterocycles. The third kappa shape index (κ3) is 7.78. The quantitative estimate of drug-likeness (QED) is 0.0895. The molecule has 0 fully saturated rings. The SMILES string of the molecule is CCCN(Cc1nc2c(ccc3cc(-c4ccc5c(ccc6[nH]c(CN(C(=O)CNC(=O)OC)[C@@H](C)CC)nc65)c4)ccc32)[nH]1)C(=O)[C@H](NC)c1ccccc1. The molecule has 7 aromatic rings. The van der Waals surface area contributed by atoms with Gasteiger partial charge in [-0.1, -0.05) is 80.6 Å². The molecule has 2 aromatic heterocycles. The zero-order valence-corrected chi connectivity index (χ0v) is 32.5. The fourth-order valence-electron chi connectivity index (χ4n) is 7.39. The van der Waals surface area contributed by atoms with Gasteiger partial charge in [-0.25, -0.2) is 14.8 Å². The van der Waals surface area contributed by atoms with Crippen molar-refractivity contribution in [1.82, 2.24) is 40.4 Å². The maximum Gasteiger partial charge on any atom is 0.407 e. The van der Waals surface area contributed by atoms with Crippen LogP contribution in [-0.4, -0.2) is 80.9 Å². The van der Waals surface area contributed by atoms with Gasteiger partial charge in [-0.3, -0.25) is 9.59 Å². The van der Waals surface area contributed by atoms with E-state index >= 15 is 0 Å². The maximum atomic E-state index is 13.7. The molecule has 2 atom stereocenters. The lowest BCUT2D eigenvalue weighted by atomic mass is 9.98. The zero-order chi connectivity index (χ0) is 39.3. The standard InChI is InChI=1S/C44H48N8O4/c1-6-21-51(43(54)40(45-4)28-11-9-8-10-12-28)25-37-47-35-19-15-31-22-29(13-17-33(31)41(35)49-37)30-14-18-34-32(23-30)16-20-36-42(34)50-38(48-36)26-52(27(3)7-2)39(53)24-46-44(55)56-5/h8-20,22-23,27,40,45H,6-7,21,24-26H2,1-5H3,(H,46,55)(H,47,49)(H,48,50)/t27-,40+/m0/s1. The molecule has 0 aliphatic rings. The molecule has 0 saturated carbocycles. The number of aromatic nitrogens is 4. The number of rotatable bonds is 14. The van der Waals surface area contributed by atoms with Crippen LogP contribution >= 0.6 is 0 Å². The summed E-state index contributed by atoms with van der Waals surface area (Å²) in [5.74, 6) is 1.23. The summed E-state index contributed by atoms with van der Waals surface area (Å²) in [6.07, 6.45) is 0.946. The number of hydrogen-bond donors (Lipinski definition) is 4. The average molecular weight is 753 g/mol. The van der Waals surface area contributed by atoms with Gasteiger partial charge in [0.2, 0.25) is 11.8 Å². The number of carbonyl (C=O) groups is 3. The number of amides is 3. The topological polar surface area (TPSA) is 148 Å². The minimum atomic E-state index is -0.646. The van der Waals surface area contributed by atoms with E-state index < -0.39 is 12.1 Å². The molecule has 12 heteroatoms. The van der Waals surface area contributed by atoms with Crippen LogP contribution in [-0.2, 0) is 27.4 Å². The van der Waals surface area contributed by atoms with Crippen molar-refractivity contribution >= 4 is 61.5 Å². The van der Waals surface area contributed by atoms with E-state index in [9.17, 15) is 14.4 Å². The van der Waals surface area contributed by atoms with Crippen LogP contribution in [0, 0.1) is 0 Å². The van der Waals surface area contributed by atoms with E-state index in [1.54, 1.807) is 4.90 Å². The molecule has 288 valence electrons. The third-order valence-electron chi connectivity index (χ3n) is 10.5. The molecule has 0 bridgehead atoms. The Kier molecular flexibility index (Phi) is 11.3. The molecule has 0 spiro atoms. The molecule has 0 unspecified atom stereocenters. The van der Waals surface area contributed by atoms with Crippen molar-refractivity contribution in [1.29, 1.82) is 0 Å². The zero-order valence-electron chi connectivity index (χ0n) is 32.5. The summed E-state index contributed by atoms with van der Waals surface area (Å²) in [6.45, 7) is 7.22. The third-order valence-corrected chi connectivity index (χ3v) is 10.5. The van der Waals surface area contributed by atoms with Gasteiger partial charge in [0.25, 0.3) is 0 Å². The molecule has 0 aliphatic carbocycles. The Morgan fingerprint density at radius 1 is 0.786 bits per heavy atom. The van der Waals surface area contributed by atoms with Crippen molar-refractivity contribution in [3.05, 3.63) is 108 Å². The summed E-state index contributed by atoms with van der Waals surface area (Å²) in [5, 5.41) is 9.86. The van der Waals surface area contributed by atoms with Crippen molar-refractivity contribution < 1.29 is 19.1 Å². The molecule has 5 aromatic carbocycles. The van der Waals surface area contributed by atoms with Gasteiger partial charge in [-0.05, 0) is 78.5 Å². The van der Waals surface area contributed by atoms with Gasteiger partial charge in [0.15, 0.2) is 0 Å². The molecular formula is C44H48N8O4. The highest BCUT2D eigenvalue weighted by Crippen LogP contribution is 2.33. The number of H-pyrrole nitrogens is 2. The Bertz CT molecular complexity index is 2530. The van der Waals surface area contributed by atoms with Gasteiger partial charge < -0.3 is 35.1 Å². The fourth-order valence-corrected chi connectivity index (χ4v) is 7.39. The molecule has 2 heterocycles. The number of methoxy groups -OCH3 is 1. The Morgan fingerprint density at radius 2 is 1.38 bits per heavy atom. The monoisotopic (exact) mass is 752 g/mol. The number of alkyl carbamates (subject to hydrolysis) is 1. The van der Waals surface area contributed by atoms with Crippen LogP contribution in [0.3, 0.4) is 0 Å². The molecule has 0 aliphatic heterocycles. The average Bonchev–Trinajstić information content (AvgIpc) is 3.85. The largest absolute Gasteiger partial charge is 0.453 e. The van der Waals surface area contributed by atoms with E-state index in [1.807, 2.05) is 62.2 Å². The molecule has 3 amide bonds. The summed E-state index contributed by atoms with van der Waals surface area (Å²) < 4.78 is 4.62. The summed E-state index contributed by atoms with van der Waals surface area (Å²) in [6, 6.07) is 30.4. The molecule has 4 N–H and O–H groups in total. The number of benzene rings is 5. The number of ether oxygens (including phenoxy) is 1. The minimum Gasteiger partial charge on any atom is -0.453 e. The van der Waals surface area contributed by atoms with Gasteiger partial charge in [0.1, 0.15) is 24.2 Å². The number of fused-ring (bicyclic) bond motifs is 6. The number of hydrogen-bond acceptors (Lipinski definition) is 7. The molecular weight excluding hydrogens is 705 g/mol. The number of nitrogens with zero attached hydrogens (tertiary/aromatic N) is 4. The van der Waals surface area contributed by atoms with Crippen LogP contribution in [0.25, 0.3) is 54.7 Å². The van der Waals surface area contributed by atoms with E-state index in [0.717, 1.165) is 79.0 Å². The highest BCUT2D eigenvalue weighted by molar-refractivity contribution is 6.07. The highest BCUT2D eigenvalue weighted by Gasteiger charge is 2.26. The van der Waals surface area contributed by atoms with Crippen LogP contribution < -0.4 is 10.6 Å². The van der Waals surface area contributed by atoms with Gasteiger partial charge in [-0.15, -0.1) is 0 Å². The van der Waals surface area contributed by atoms with E-state index in [-0.39, 0.29) is 30.9 Å². The number of aromatic amines is 2. The summed E-state index contributed by atoms with van der Waals surface area (Å²) >= 11 is 0. The van der Waals surface area contributed by atoms with Crippen LogP contribution in [0.5, 0.6) is 0 Å². The lowest BCUT2D eigenvalue weighted by Gasteiger charge is -2.27. The second-order valence-electron chi connectivity index (χ2n) is 14.2. The van der Waals surface area contributed by atoms with E-state index in [1.165, 1.54) is 7.11 Å². The van der Waals surface area contributed by atoms with E-state index in [2.05, 4.69) is 86.9 Å². The van der Waals surface area contributed by atoms with Crippen molar-refractivity contribution in [3.8, 4) is 11.1 Å². The van der Waals surface area contributed by atoms with E-state index in [0.29, 0.717) is 18.9 Å². The van der Waals surface area contributed by atoms with Crippen LogP contribution in [0.15, 0.2) is 91.0 Å². The second kappa shape index (κ2) is 16.6. The van der Waals surface area contributed by atoms with Crippen molar-refractivity contribution in [2.75, 3.05) is 27.2 Å². The minimum absolute atomic E-state index is 0.0194. The van der Waals surface area contributed by atoms with Gasteiger partial charge in [-0.2, -0.15) is 0 Å². The molecule has 12 nitrogen and oxygen atoms in total. The fraction of sp³-hybridized carbons (Fsp3) is 0.295. The summed E-state index contributed by atoms with van der Waals surface area (Å²) in [4.78, 5) is 58.8. The van der Waals surface area contributed by atoms with Crippen molar-refractivity contribution in [3.63, 3.8) is 0 Å². The predicted octanol–water partition coefficient (Wildman–Crippen LogP) is 7.60. The van der Waals surface area contributed by atoms with Crippen LogP contribution in [0.2, 0.25) is 0 Å². The summed E-state index contributed by atoms with van der Waals surface area (Å²) in [5.41, 5.74) is 6.63. The first-order valence-corrected chi connectivity index (χ1v) is 19.2. The first-order valence-electron chi connectivity index (χ1n) is 19.2. The summed E-state index contributed by atoms with van der Waals surface area (Å²) in [7, 11) is 3.09. The smallest absolute Gasteiger partial charge is 0.407 e. The van der Waals surface area contributed by atoms with Gasteiger partial charge in [0, 0.05) is 23.4 Å². The lowest BCUT2D eigenvalue weighted by Crippen LogP contribution is -2.44. The Hall–Kier alpha value is -6.27. The van der Waals surface area contributed by atoms with Gasteiger partial charge in [0.05, 0.1) is 42.3 Å². The molecule has 7 rings (SSSR count). The van der Waals surface area contributed by atoms with Gasteiger partial charge >= 0.3 is 6.09 Å². The number of imidazole rings is 2. The first-order chi connectivity index (χ1) is 27.2. The molecule has 0 radical (unpaired) electrons. The maximum absolute atomic E-state index is 13.7. The lowest BCUT2D eigenvalue weighted by molar-refractivity contribution is -0.134. The number of likely N-dealkylation sites (N-methyl/N-ethyl adjacent to an activating group) is 1. The molecule has 56 heavy (non-hydrogen) atoms. The number of carbonyl (C=O) groups excluding carboxylic acids is 3. The van der Waals surface area contributed by atoms with E-state index in [4.69, 9.17) is 9.97 Å². The predicted molar refractivity (Wildman–Crippen MR) is 221 cm³/mol. The number of nitrogens with one attached hydrogen (secondary N) is 4. The van der Waals surface area contributed by atoms with Crippen molar-refractivity contribution in [2.45, 2.75) is 58.8 Å². The first kappa shape index (κ1) is 38.0. The second-order valence-corrected chi connectivity index (χ2v) is 14.2. The Labute approximate surface area is 325 Å². The van der Waals surface area contributed by atoms with Crippen molar-refractivity contribution in [2.24, 2.45) is 0 Å².